The van der Waals surface area contributed by atoms with Gasteiger partial charge in [0.1, 0.15) is 6.17 Å². The molecule has 29 heavy (non-hydrogen) atoms. The summed E-state index contributed by atoms with van der Waals surface area (Å²) in [4.78, 5) is 48.7. The zero-order valence-corrected chi connectivity index (χ0v) is 15.3. The van der Waals surface area contributed by atoms with Crippen LogP contribution in [0, 0.1) is 0 Å². The summed E-state index contributed by atoms with van der Waals surface area (Å²) in [5.74, 6) is -0.253. The molecule has 3 aromatic rings. The monoisotopic (exact) mass is 387 g/mol. The van der Waals surface area contributed by atoms with E-state index in [9.17, 15) is 14.4 Å². The number of aromatic nitrogens is 2. The molecule has 1 atom stereocenters. The van der Waals surface area contributed by atoms with Crippen molar-refractivity contribution in [3.8, 4) is 0 Å². The van der Waals surface area contributed by atoms with Crippen LogP contribution in [0.3, 0.4) is 0 Å². The number of benzene rings is 2. The number of hydrogen-bond donors (Lipinski definition) is 2. The minimum Gasteiger partial charge on any atom is -0.331 e. The van der Waals surface area contributed by atoms with Gasteiger partial charge >= 0.3 is 0 Å². The van der Waals surface area contributed by atoms with Crippen molar-refractivity contribution in [3.05, 3.63) is 77.6 Å². The maximum atomic E-state index is 13.2. The standard InChI is InChI=1S/C21H17N5O3/c27-17(24-21-22-10-11-23-21)9-12-25-18-13-5-1-2-6-14(13)20(29)26(18)16-8-4-3-7-15(16)19(25)28/h1-8,10-11,18H,9,12H2,(H2,22,23,24,27). The van der Waals surface area contributed by atoms with Crippen LogP contribution in [0.2, 0.25) is 0 Å². The molecule has 0 fully saturated rings. The molecule has 0 spiro atoms. The van der Waals surface area contributed by atoms with Crippen molar-refractivity contribution in [3.63, 3.8) is 0 Å². The number of anilines is 2. The predicted octanol–water partition coefficient (Wildman–Crippen LogP) is 2.55. The van der Waals surface area contributed by atoms with E-state index in [1.165, 1.54) is 0 Å². The van der Waals surface area contributed by atoms with E-state index in [2.05, 4.69) is 15.3 Å². The van der Waals surface area contributed by atoms with E-state index >= 15 is 0 Å². The van der Waals surface area contributed by atoms with Gasteiger partial charge in [0.2, 0.25) is 11.9 Å². The van der Waals surface area contributed by atoms with Crippen molar-refractivity contribution in [2.75, 3.05) is 16.8 Å². The molecule has 144 valence electrons. The molecule has 0 aliphatic carbocycles. The predicted molar refractivity (Wildman–Crippen MR) is 105 cm³/mol. The third kappa shape index (κ3) is 2.68. The summed E-state index contributed by atoms with van der Waals surface area (Å²) >= 11 is 0. The molecule has 5 rings (SSSR count). The van der Waals surface area contributed by atoms with Gasteiger partial charge in [-0.2, -0.15) is 0 Å². The van der Waals surface area contributed by atoms with Crippen LogP contribution in [-0.2, 0) is 4.79 Å². The molecule has 0 radical (unpaired) electrons. The summed E-state index contributed by atoms with van der Waals surface area (Å²) in [5, 5.41) is 2.66. The first kappa shape index (κ1) is 17.2. The van der Waals surface area contributed by atoms with Crippen LogP contribution in [-0.4, -0.2) is 39.1 Å². The lowest BCUT2D eigenvalue weighted by Gasteiger charge is -2.40. The zero-order valence-electron chi connectivity index (χ0n) is 15.3. The van der Waals surface area contributed by atoms with Crippen LogP contribution in [0.25, 0.3) is 0 Å². The number of aromatic amines is 1. The number of carbonyl (C=O) groups excluding carboxylic acids is 3. The summed E-state index contributed by atoms with van der Waals surface area (Å²) in [6.45, 7) is 0.169. The SMILES string of the molecule is O=C(CCN1C(=O)c2ccccc2N2C(=O)c3ccccc3C12)Nc1ncc[nH]1. The molecule has 2 N–H and O–H groups in total. The fraction of sp³-hybridized carbons (Fsp3) is 0.143. The van der Waals surface area contributed by atoms with Crippen LogP contribution >= 0.6 is 0 Å². The molecular formula is C21H17N5O3. The molecule has 8 nitrogen and oxygen atoms in total. The second-order valence-corrected chi connectivity index (χ2v) is 6.89. The molecule has 0 saturated heterocycles. The first-order valence-electron chi connectivity index (χ1n) is 9.27. The molecule has 8 heteroatoms. The first-order valence-corrected chi connectivity index (χ1v) is 9.27. The van der Waals surface area contributed by atoms with E-state index in [0.29, 0.717) is 22.8 Å². The van der Waals surface area contributed by atoms with Crippen molar-refractivity contribution in [2.24, 2.45) is 0 Å². The number of para-hydroxylation sites is 1. The molecule has 0 saturated carbocycles. The van der Waals surface area contributed by atoms with Gasteiger partial charge in [0.05, 0.1) is 11.3 Å². The molecule has 1 unspecified atom stereocenters. The Morgan fingerprint density at radius 2 is 1.79 bits per heavy atom. The summed E-state index contributed by atoms with van der Waals surface area (Å²) in [6.07, 6.45) is 2.67. The lowest BCUT2D eigenvalue weighted by molar-refractivity contribution is -0.116. The number of hydrogen-bond acceptors (Lipinski definition) is 4. The summed E-state index contributed by atoms with van der Waals surface area (Å²) in [5.41, 5.74) is 2.40. The van der Waals surface area contributed by atoms with Gasteiger partial charge in [0.25, 0.3) is 11.8 Å². The number of fused-ring (bicyclic) bond motifs is 5. The number of H-pyrrole nitrogens is 1. The molecule has 3 heterocycles. The number of rotatable bonds is 4. The van der Waals surface area contributed by atoms with Gasteiger partial charge in [-0.25, -0.2) is 4.98 Å². The minimum absolute atomic E-state index is 0.0787. The zero-order chi connectivity index (χ0) is 20.0. The Morgan fingerprint density at radius 3 is 2.59 bits per heavy atom. The van der Waals surface area contributed by atoms with Crippen LogP contribution in [0.4, 0.5) is 11.6 Å². The summed E-state index contributed by atoms with van der Waals surface area (Å²) < 4.78 is 0. The number of nitrogens with one attached hydrogen (secondary N) is 2. The third-order valence-electron chi connectivity index (χ3n) is 5.22. The lowest BCUT2D eigenvalue weighted by Crippen LogP contribution is -2.49. The Kier molecular flexibility index (Phi) is 3.90. The highest BCUT2D eigenvalue weighted by Gasteiger charge is 2.47. The highest BCUT2D eigenvalue weighted by Crippen LogP contribution is 2.45. The maximum Gasteiger partial charge on any atom is 0.260 e. The van der Waals surface area contributed by atoms with E-state index in [4.69, 9.17) is 0 Å². The maximum absolute atomic E-state index is 13.2. The second kappa shape index (κ2) is 6.59. The first-order chi connectivity index (χ1) is 14.1. The van der Waals surface area contributed by atoms with E-state index < -0.39 is 6.17 Å². The van der Waals surface area contributed by atoms with Crippen LogP contribution < -0.4 is 10.2 Å². The minimum atomic E-state index is -0.558. The van der Waals surface area contributed by atoms with Gasteiger partial charge in [0, 0.05) is 36.5 Å². The van der Waals surface area contributed by atoms with Crippen molar-refractivity contribution < 1.29 is 14.4 Å². The average molecular weight is 387 g/mol. The number of imidazole rings is 1. The number of carbonyl (C=O) groups is 3. The molecular weight excluding hydrogens is 370 g/mol. The fourth-order valence-corrected chi connectivity index (χ4v) is 3.95. The third-order valence-corrected chi connectivity index (χ3v) is 5.22. The highest BCUT2D eigenvalue weighted by molar-refractivity contribution is 6.16. The smallest absolute Gasteiger partial charge is 0.260 e. The Morgan fingerprint density at radius 1 is 1.03 bits per heavy atom. The van der Waals surface area contributed by atoms with Gasteiger partial charge in [-0.15, -0.1) is 0 Å². The van der Waals surface area contributed by atoms with Crippen molar-refractivity contribution >= 4 is 29.4 Å². The molecule has 0 bridgehead atoms. The average Bonchev–Trinajstić information content (AvgIpc) is 3.35. The normalized spacial score (nSPS) is 17.0. The van der Waals surface area contributed by atoms with E-state index in [-0.39, 0.29) is 30.7 Å². The Balaban J connectivity index is 1.48. The van der Waals surface area contributed by atoms with Gasteiger partial charge in [0.15, 0.2) is 0 Å². The summed E-state index contributed by atoms with van der Waals surface area (Å²) in [7, 11) is 0. The van der Waals surface area contributed by atoms with E-state index in [1.54, 1.807) is 46.5 Å². The summed E-state index contributed by atoms with van der Waals surface area (Å²) in [6, 6.07) is 14.4. The molecule has 3 amide bonds. The largest absolute Gasteiger partial charge is 0.331 e. The van der Waals surface area contributed by atoms with Crippen molar-refractivity contribution in [1.82, 2.24) is 14.9 Å². The van der Waals surface area contributed by atoms with Gasteiger partial charge in [-0.05, 0) is 18.2 Å². The number of nitrogens with zero attached hydrogens (tertiary/aromatic N) is 3. The quantitative estimate of drug-likeness (QED) is 0.719. The molecule has 1 aromatic heterocycles. The Labute approximate surface area is 166 Å². The Bertz CT molecular complexity index is 1120. The van der Waals surface area contributed by atoms with E-state index in [0.717, 1.165) is 5.56 Å². The fourth-order valence-electron chi connectivity index (χ4n) is 3.95. The lowest BCUT2D eigenvalue weighted by atomic mass is 10.0. The van der Waals surface area contributed by atoms with Gasteiger partial charge in [-0.3, -0.25) is 24.6 Å². The second-order valence-electron chi connectivity index (χ2n) is 6.89. The molecule has 2 aromatic carbocycles. The number of amides is 3. The topological polar surface area (TPSA) is 98.4 Å². The van der Waals surface area contributed by atoms with E-state index in [1.807, 2.05) is 24.3 Å². The molecule has 2 aliphatic rings. The van der Waals surface area contributed by atoms with Crippen molar-refractivity contribution in [1.29, 1.82) is 0 Å². The van der Waals surface area contributed by atoms with Crippen LogP contribution in [0.15, 0.2) is 60.9 Å². The highest BCUT2D eigenvalue weighted by atomic mass is 16.2. The van der Waals surface area contributed by atoms with Crippen LogP contribution in [0.1, 0.15) is 38.9 Å². The van der Waals surface area contributed by atoms with Gasteiger partial charge in [-0.1, -0.05) is 30.3 Å². The Hall–Kier alpha value is -3.94. The van der Waals surface area contributed by atoms with Gasteiger partial charge < -0.3 is 9.88 Å². The van der Waals surface area contributed by atoms with Crippen molar-refractivity contribution in [2.45, 2.75) is 12.6 Å². The van der Waals surface area contributed by atoms with Crippen LogP contribution in [0.5, 0.6) is 0 Å². The molecule has 2 aliphatic heterocycles.